The fraction of sp³-hybridized carbons (Fsp3) is 0.316. The van der Waals surface area contributed by atoms with Crippen molar-refractivity contribution in [2.24, 2.45) is 0 Å². The SMILES string of the molecule is COc1ccc(NC(=O)c2cc(N3CCCCS3(=O)=O)ccc2Cl)cc1OC. The van der Waals surface area contributed by atoms with E-state index in [1.165, 1.54) is 30.7 Å². The number of hydrogen-bond donors (Lipinski definition) is 1. The van der Waals surface area contributed by atoms with Gasteiger partial charge in [0, 0.05) is 18.3 Å². The zero-order valence-corrected chi connectivity index (χ0v) is 17.1. The van der Waals surface area contributed by atoms with Gasteiger partial charge in [0.1, 0.15) is 0 Å². The average molecular weight is 425 g/mol. The molecule has 1 saturated heterocycles. The van der Waals surface area contributed by atoms with Crippen LogP contribution in [0.3, 0.4) is 0 Å². The van der Waals surface area contributed by atoms with Gasteiger partial charge in [0.05, 0.1) is 36.2 Å². The molecule has 0 radical (unpaired) electrons. The summed E-state index contributed by atoms with van der Waals surface area (Å²) in [5, 5.41) is 2.98. The van der Waals surface area contributed by atoms with Crippen molar-refractivity contribution < 1.29 is 22.7 Å². The Morgan fingerprint density at radius 1 is 1.07 bits per heavy atom. The van der Waals surface area contributed by atoms with Crippen LogP contribution in [0.25, 0.3) is 0 Å². The molecule has 0 spiro atoms. The van der Waals surface area contributed by atoms with Gasteiger partial charge in [0.15, 0.2) is 11.5 Å². The van der Waals surface area contributed by atoms with Crippen LogP contribution >= 0.6 is 11.6 Å². The van der Waals surface area contributed by atoms with Gasteiger partial charge in [-0.1, -0.05) is 11.6 Å². The molecule has 0 aromatic heterocycles. The van der Waals surface area contributed by atoms with Gasteiger partial charge >= 0.3 is 0 Å². The first-order chi connectivity index (χ1) is 13.4. The van der Waals surface area contributed by atoms with E-state index in [2.05, 4.69) is 5.32 Å². The number of ether oxygens (including phenoxy) is 2. The molecule has 9 heteroatoms. The van der Waals surface area contributed by atoms with Crippen LogP contribution in [0, 0.1) is 0 Å². The molecule has 1 heterocycles. The number of nitrogens with one attached hydrogen (secondary N) is 1. The predicted octanol–water partition coefficient (Wildman–Crippen LogP) is 3.54. The number of hydrogen-bond acceptors (Lipinski definition) is 5. The standard InChI is InChI=1S/C19H21ClN2O5S/c1-26-17-8-5-13(11-18(17)27-2)21-19(23)15-12-14(6-7-16(15)20)22-9-3-4-10-28(22,24)25/h5-8,11-12H,3-4,9-10H2,1-2H3,(H,21,23). The second-order valence-corrected chi connectivity index (χ2v) is 8.70. The highest BCUT2D eigenvalue weighted by atomic mass is 35.5. The van der Waals surface area contributed by atoms with Crippen LogP contribution < -0.4 is 19.1 Å². The Bertz CT molecular complexity index is 994. The Labute approximate surface area is 169 Å². The van der Waals surface area contributed by atoms with Crippen molar-refractivity contribution in [2.75, 3.05) is 36.1 Å². The molecule has 1 aliphatic rings. The van der Waals surface area contributed by atoms with Gasteiger partial charge in [-0.15, -0.1) is 0 Å². The molecule has 0 atom stereocenters. The van der Waals surface area contributed by atoms with E-state index >= 15 is 0 Å². The number of rotatable bonds is 5. The van der Waals surface area contributed by atoms with E-state index in [0.717, 1.165) is 6.42 Å². The zero-order chi connectivity index (χ0) is 20.3. The van der Waals surface area contributed by atoms with Gasteiger partial charge in [-0.3, -0.25) is 9.10 Å². The molecule has 7 nitrogen and oxygen atoms in total. The summed E-state index contributed by atoms with van der Waals surface area (Å²) in [6, 6.07) is 9.62. The van der Waals surface area contributed by atoms with E-state index in [-0.39, 0.29) is 16.3 Å². The van der Waals surface area contributed by atoms with Crippen molar-refractivity contribution in [1.82, 2.24) is 0 Å². The van der Waals surface area contributed by atoms with Crippen molar-refractivity contribution in [3.05, 3.63) is 47.0 Å². The average Bonchev–Trinajstić information content (AvgIpc) is 2.68. The minimum absolute atomic E-state index is 0.1000. The number of nitrogens with zero attached hydrogens (tertiary/aromatic N) is 1. The minimum atomic E-state index is -3.38. The van der Waals surface area contributed by atoms with Crippen molar-refractivity contribution >= 4 is 38.9 Å². The molecule has 3 rings (SSSR count). The summed E-state index contributed by atoms with van der Waals surface area (Å²) in [5.74, 6) is 0.659. The minimum Gasteiger partial charge on any atom is -0.493 e. The summed E-state index contributed by atoms with van der Waals surface area (Å²) in [6.07, 6.45) is 1.41. The monoisotopic (exact) mass is 424 g/mol. The number of halogens is 1. The van der Waals surface area contributed by atoms with E-state index < -0.39 is 15.9 Å². The fourth-order valence-corrected chi connectivity index (χ4v) is 4.87. The van der Waals surface area contributed by atoms with Crippen molar-refractivity contribution in [1.29, 1.82) is 0 Å². The van der Waals surface area contributed by atoms with E-state index in [1.54, 1.807) is 24.3 Å². The third kappa shape index (κ3) is 4.18. The van der Waals surface area contributed by atoms with Crippen molar-refractivity contribution in [3.63, 3.8) is 0 Å². The number of anilines is 2. The number of benzene rings is 2. The normalized spacial score (nSPS) is 15.8. The van der Waals surface area contributed by atoms with E-state index in [4.69, 9.17) is 21.1 Å². The number of carbonyl (C=O) groups excluding carboxylic acids is 1. The number of methoxy groups -OCH3 is 2. The first kappa shape index (κ1) is 20.3. The Morgan fingerprint density at radius 3 is 2.50 bits per heavy atom. The molecular weight excluding hydrogens is 404 g/mol. The second kappa shape index (κ2) is 8.28. The van der Waals surface area contributed by atoms with Gasteiger partial charge in [-0.25, -0.2) is 8.42 Å². The summed E-state index contributed by atoms with van der Waals surface area (Å²) in [7, 11) is -0.353. The zero-order valence-electron chi connectivity index (χ0n) is 15.6. The lowest BCUT2D eigenvalue weighted by molar-refractivity contribution is 0.102. The summed E-state index contributed by atoms with van der Waals surface area (Å²) >= 11 is 6.20. The van der Waals surface area contributed by atoms with Gasteiger partial charge in [0.25, 0.3) is 5.91 Å². The van der Waals surface area contributed by atoms with Crippen LogP contribution in [0.1, 0.15) is 23.2 Å². The molecule has 2 aromatic carbocycles. The summed E-state index contributed by atoms with van der Waals surface area (Å²) < 4.78 is 36.4. The maximum Gasteiger partial charge on any atom is 0.257 e. The van der Waals surface area contributed by atoms with E-state index in [1.807, 2.05) is 0 Å². The molecule has 1 N–H and O–H groups in total. The van der Waals surface area contributed by atoms with E-state index in [0.29, 0.717) is 35.8 Å². The lowest BCUT2D eigenvalue weighted by atomic mass is 10.1. The molecule has 0 aliphatic carbocycles. The number of amides is 1. The van der Waals surface area contributed by atoms with Gasteiger partial charge in [-0.05, 0) is 43.2 Å². The molecule has 28 heavy (non-hydrogen) atoms. The number of carbonyl (C=O) groups is 1. The highest BCUT2D eigenvalue weighted by molar-refractivity contribution is 7.92. The van der Waals surface area contributed by atoms with Crippen molar-refractivity contribution in [2.45, 2.75) is 12.8 Å². The quantitative estimate of drug-likeness (QED) is 0.793. The smallest absolute Gasteiger partial charge is 0.257 e. The summed E-state index contributed by atoms with van der Waals surface area (Å²) in [4.78, 5) is 12.7. The molecule has 150 valence electrons. The fourth-order valence-electron chi connectivity index (χ4n) is 3.03. The van der Waals surface area contributed by atoms with Crippen LogP contribution in [0.5, 0.6) is 11.5 Å². The van der Waals surface area contributed by atoms with Crippen LogP contribution in [0.4, 0.5) is 11.4 Å². The van der Waals surface area contributed by atoms with Crippen LogP contribution in [0.15, 0.2) is 36.4 Å². The molecule has 0 saturated carbocycles. The lowest BCUT2D eigenvalue weighted by Crippen LogP contribution is -2.38. The van der Waals surface area contributed by atoms with Crippen LogP contribution in [-0.2, 0) is 10.0 Å². The molecule has 1 amide bonds. The molecular formula is C19H21ClN2O5S. The third-order valence-electron chi connectivity index (χ3n) is 4.47. The molecule has 0 unspecified atom stereocenters. The summed E-state index contributed by atoms with van der Waals surface area (Å²) in [5.41, 5.74) is 1.12. The second-order valence-electron chi connectivity index (χ2n) is 6.28. The lowest BCUT2D eigenvalue weighted by Gasteiger charge is -2.28. The highest BCUT2D eigenvalue weighted by Gasteiger charge is 2.27. The van der Waals surface area contributed by atoms with Crippen molar-refractivity contribution in [3.8, 4) is 11.5 Å². The largest absolute Gasteiger partial charge is 0.493 e. The highest BCUT2D eigenvalue weighted by Crippen LogP contribution is 2.31. The summed E-state index contributed by atoms with van der Waals surface area (Å²) in [6.45, 7) is 0.390. The first-order valence-electron chi connectivity index (χ1n) is 8.69. The van der Waals surface area contributed by atoms with Gasteiger partial charge in [-0.2, -0.15) is 0 Å². The molecule has 0 bridgehead atoms. The van der Waals surface area contributed by atoms with Crippen LogP contribution in [0.2, 0.25) is 5.02 Å². The van der Waals surface area contributed by atoms with Crippen LogP contribution in [-0.4, -0.2) is 40.8 Å². The predicted molar refractivity (Wildman–Crippen MR) is 109 cm³/mol. The van der Waals surface area contributed by atoms with E-state index in [9.17, 15) is 13.2 Å². The Hall–Kier alpha value is -2.45. The molecule has 1 aliphatic heterocycles. The number of sulfonamides is 1. The topological polar surface area (TPSA) is 84.9 Å². The van der Waals surface area contributed by atoms with Gasteiger partial charge in [0.2, 0.25) is 10.0 Å². The maximum atomic E-state index is 12.7. The molecule has 1 fully saturated rings. The Balaban J connectivity index is 1.88. The Morgan fingerprint density at radius 2 is 1.82 bits per heavy atom. The maximum absolute atomic E-state index is 12.7. The first-order valence-corrected chi connectivity index (χ1v) is 10.7. The Kier molecular flexibility index (Phi) is 6.00. The van der Waals surface area contributed by atoms with Gasteiger partial charge < -0.3 is 14.8 Å². The molecule has 2 aromatic rings. The third-order valence-corrected chi connectivity index (χ3v) is 6.67.